The number of carboxylic acid groups (broad SMARTS) is 1. The minimum atomic E-state index is -0.940. The summed E-state index contributed by atoms with van der Waals surface area (Å²) in [6.07, 6.45) is 4.93. The Balaban J connectivity index is 1.60. The van der Waals surface area contributed by atoms with E-state index in [0.29, 0.717) is 28.9 Å². The molecule has 1 saturated heterocycles. The molecule has 2 heterocycles. The normalized spacial score (nSPS) is 27.1. The van der Waals surface area contributed by atoms with Crippen molar-refractivity contribution in [2.75, 3.05) is 6.54 Å². The van der Waals surface area contributed by atoms with E-state index < -0.39 is 17.8 Å². The molecule has 0 bridgehead atoms. The number of pyridine rings is 1. The predicted molar refractivity (Wildman–Crippen MR) is 97.0 cm³/mol. The van der Waals surface area contributed by atoms with E-state index in [1.165, 1.54) is 17.0 Å². The Bertz CT molecular complexity index is 956. The number of nitrogens with zero attached hydrogens (tertiary/aromatic N) is 2. The van der Waals surface area contributed by atoms with Crippen molar-refractivity contribution in [3.8, 4) is 0 Å². The van der Waals surface area contributed by atoms with Crippen molar-refractivity contribution in [2.24, 2.45) is 11.8 Å². The highest BCUT2D eigenvalue weighted by molar-refractivity contribution is 6.07. The van der Waals surface area contributed by atoms with E-state index in [0.717, 1.165) is 37.8 Å². The molecule has 2 saturated carbocycles. The lowest BCUT2D eigenvalue weighted by Crippen LogP contribution is -2.43. The molecule has 1 aromatic heterocycles. The van der Waals surface area contributed by atoms with E-state index in [-0.39, 0.29) is 17.7 Å². The molecule has 3 fully saturated rings. The fourth-order valence-electron chi connectivity index (χ4n) is 4.97. The average Bonchev–Trinajstić information content (AvgIpc) is 3.28. The van der Waals surface area contributed by atoms with Crippen molar-refractivity contribution < 1.29 is 19.1 Å². The number of aliphatic carboxylic acids is 1. The van der Waals surface area contributed by atoms with Crippen LogP contribution in [-0.4, -0.2) is 39.5 Å². The summed E-state index contributed by atoms with van der Waals surface area (Å²) in [5, 5.41) is 10.2. The monoisotopic (exact) mass is 368 g/mol. The molecule has 1 aromatic carbocycles. The number of benzene rings is 1. The molecular formula is C21H21FN2O3. The summed E-state index contributed by atoms with van der Waals surface area (Å²) in [6, 6.07) is 5.25. The van der Waals surface area contributed by atoms with Crippen LogP contribution in [-0.2, 0) is 4.79 Å². The zero-order valence-electron chi connectivity index (χ0n) is 14.9. The van der Waals surface area contributed by atoms with Crippen LogP contribution < -0.4 is 0 Å². The first-order chi connectivity index (χ1) is 13.0. The highest BCUT2D eigenvalue weighted by Gasteiger charge is 2.49. The summed E-state index contributed by atoms with van der Waals surface area (Å²) in [6.45, 7) is 0.471. The lowest BCUT2D eigenvalue weighted by molar-refractivity contribution is -0.142. The molecule has 0 radical (unpaired) electrons. The standard InChI is InChI=1S/C21H21FN2O3/c22-13-6-7-17-15(8-13)16(9-18(23-17)11-4-5-11)20(25)24-10-12-2-1-3-14(12)19(24)21(26)27/h6-9,11-12,14,19H,1-5,10H2,(H,26,27). The van der Waals surface area contributed by atoms with E-state index in [9.17, 15) is 19.1 Å². The SMILES string of the molecule is O=C(O)C1C2CCCC2CN1C(=O)c1cc(C2CC2)nc2ccc(F)cc12. The van der Waals surface area contributed by atoms with Crippen LogP contribution in [0.3, 0.4) is 0 Å². The molecule has 140 valence electrons. The third-order valence-electron chi connectivity index (χ3n) is 6.42. The van der Waals surface area contributed by atoms with Crippen molar-refractivity contribution in [1.82, 2.24) is 9.88 Å². The van der Waals surface area contributed by atoms with Gasteiger partial charge in [-0.1, -0.05) is 6.42 Å². The molecule has 1 amide bonds. The molecule has 5 rings (SSSR count). The molecule has 3 atom stereocenters. The van der Waals surface area contributed by atoms with Crippen LogP contribution in [0, 0.1) is 17.7 Å². The Hall–Kier alpha value is -2.50. The van der Waals surface area contributed by atoms with Gasteiger partial charge in [-0.15, -0.1) is 0 Å². The Kier molecular flexibility index (Phi) is 3.71. The van der Waals surface area contributed by atoms with Gasteiger partial charge in [-0.05, 0) is 61.8 Å². The average molecular weight is 368 g/mol. The van der Waals surface area contributed by atoms with Crippen molar-refractivity contribution >= 4 is 22.8 Å². The Morgan fingerprint density at radius 2 is 1.96 bits per heavy atom. The second-order valence-electron chi connectivity index (χ2n) is 8.13. The maximum atomic E-state index is 13.9. The first-order valence-corrected chi connectivity index (χ1v) is 9.67. The quantitative estimate of drug-likeness (QED) is 0.899. The molecule has 5 nitrogen and oxygen atoms in total. The molecule has 1 aliphatic heterocycles. The number of hydrogen-bond donors (Lipinski definition) is 1. The van der Waals surface area contributed by atoms with Crippen molar-refractivity contribution in [2.45, 2.75) is 44.1 Å². The van der Waals surface area contributed by atoms with E-state index in [2.05, 4.69) is 4.98 Å². The zero-order chi connectivity index (χ0) is 18.7. The molecule has 3 aliphatic rings. The van der Waals surface area contributed by atoms with Gasteiger partial charge in [0.25, 0.3) is 5.91 Å². The second-order valence-corrected chi connectivity index (χ2v) is 8.13. The number of likely N-dealkylation sites (tertiary alicyclic amines) is 1. The third-order valence-corrected chi connectivity index (χ3v) is 6.42. The molecule has 0 spiro atoms. The molecule has 6 heteroatoms. The number of hydrogen-bond acceptors (Lipinski definition) is 3. The van der Waals surface area contributed by atoms with Gasteiger partial charge >= 0.3 is 5.97 Å². The summed E-state index contributed by atoms with van der Waals surface area (Å²) in [5.41, 5.74) is 1.83. The molecular weight excluding hydrogens is 347 g/mol. The van der Waals surface area contributed by atoms with Gasteiger partial charge in [0.1, 0.15) is 11.9 Å². The van der Waals surface area contributed by atoms with Crippen LogP contribution >= 0.6 is 0 Å². The van der Waals surface area contributed by atoms with Crippen molar-refractivity contribution in [3.63, 3.8) is 0 Å². The zero-order valence-corrected chi connectivity index (χ0v) is 14.9. The molecule has 3 unspecified atom stereocenters. The number of rotatable bonds is 3. The lowest BCUT2D eigenvalue weighted by Gasteiger charge is -2.25. The number of carbonyl (C=O) groups is 2. The van der Waals surface area contributed by atoms with Crippen molar-refractivity contribution in [1.29, 1.82) is 0 Å². The highest BCUT2D eigenvalue weighted by atomic mass is 19.1. The summed E-state index contributed by atoms with van der Waals surface area (Å²) in [7, 11) is 0. The van der Waals surface area contributed by atoms with Crippen LogP contribution in [0.2, 0.25) is 0 Å². The summed E-state index contributed by atoms with van der Waals surface area (Å²) in [4.78, 5) is 31.5. The Labute approximate surface area is 156 Å². The van der Waals surface area contributed by atoms with Gasteiger partial charge in [-0.3, -0.25) is 9.78 Å². The molecule has 1 N–H and O–H groups in total. The minimum Gasteiger partial charge on any atom is -0.480 e. The van der Waals surface area contributed by atoms with E-state index >= 15 is 0 Å². The van der Waals surface area contributed by atoms with Crippen molar-refractivity contribution in [3.05, 3.63) is 41.3 Å². The van der Waals surface area contributed by atoms with E-state index in [1.54, 1.807) is 12.1 Å². The lowest BCUT2D eigenvalue weighted by atomic mass is 9.94. The smallest absolute Gasteiger partial charge is 0.326 e. The van der Waals surface area contributed by atoms with Crippen LogP contribution in [0.25, 0.3) is 10.9 Å². The summed E-state index contributed by atoms with van der Waals surface area (Å²) in [5.74, 6) is -1.05. The van der Waals surface area contributed by atoms with Gasteiger partial charge in [-0.25, -0.2) is 9.18 Å². The van der Waals surface area contributed by atoms with Gasteiger partial charge < -0.3 is 10.0 Å². The third kappa shape index (κ3) is 2.69. The molecule has 2 aliphatic carbocycles. The number of carbonyl (C=O) groups excluding carboxylic acids is 1. The van der Waals surface area contributed by atoms with Gasteiger partial charge in [0.05, 0.1) is 11.1 Å². The minimum absolute atomic E-state index is 0.0270. The maximum absolute atomic E-state index is 13.9. The van der Waals surface area contributed by atoms with Crippen LogP contribution in [0.5, 0.6) is 0 Å². The van der Waals surface area contributed by atoms with Gasteiger partial charge in [-0.2, -0.15) is 0 Å². The number of amides is 1. The second kappa shape index (κ2) is 6.01. The summed E-state index contributed by atoms with van der Waals surface area (Å²) < 4.78 is 13.9. The van der Waals surface area contributed by atoms with Crippen LogP contribution in [0.15, 0.2) is 24.3 Å². The molecule has 27 heavy (non-hydrogen) atoms. The Morgan fingerprint density at radius 3 is 2.70 bits per heavy atom. The molecule has 2 aromatic rings. The van der Waals surface area contributed by atoms with Crippen LogP contribution in [0.4, 0.5) is 4.39 Å². The Morgan fingerprint density at radius 1 is 1.15 bits per heavy atom. The largest absolute Gasteiger partial charge is 0.480 e. The highest BCUT2D eigenvalue weighted by Crippen LogP contribution is 2.44. The topological polar surface area (TPSA) is 70.5 Å². The number of carboxylic acids is 1. The first kappa shape index (κ1) is 16.7. The number of aromatic nitrogens is 1. The summed E-state index contributed by atoms with van der Waals surface area (Å²) >= 11 is 0. The first-order valence-electron chi connectivity index (χ1n) is 9.67. The number of fused-ring (bicyclic) bond motifs is 2. The predicted octanol–water partition coefficient (Wildman–Crippen LogP) is 3.58. The van der Waals surface area contributed by atoms with Crippen LogP contribution in [0.1, 0.15) is 54.1 Å². The van der Waals surface area contributed by atoms with E-state index in [1.807, 2.05) is 0 Å². The fourth-order valence-corrected chi connectivity index (χ4v) is 4.97. The number of halogens is 1. The maximum Gasteiger partial charge on any atom is 0.326 e. The fraction of sp³-hybridized carbons (Fsp3) is 0.476. The van der Waals surface area contributed by atoms with Gasteiger partial charge in [0, 0.05) is 23.5 Å². The van der Waals surface area contributed by atoms with Gasteiger partial charge in [0.15, 0.2) is 0 Å². The van der Waals surface area contributed by atoms with E-state index in [4.69, 9.17) is 0 Å². The van der Waals surface area contributed by atoms with Gasteiger partial charge in [0.2, 0.25) is 0 Å².